The van der Waals surface area contributed by atoms with Crippen molar-refractivity contribution in [2.24, 2.45) is 0 Å². The average Bonchev–Trinajstić information content (AvgIpc) is 3.06. The van der Waals surface area contributed by atoms with Gasteiger partial charge in [-0.3, -0.25) is 10.1 Å². The molecule has 134 valence electrons. The summed E-state index contributed by atoms with van der Waals surface area (Å²) in [6.45, 7) is 2.46. The Labute approximate surface area is 153 Å². The third-order valence-corrected chi connectivity index (χ3v) is 4.84. The van der Waals surface area contributed by atoms with Crippen LogP contribution in [0.5, 0.6) is 5.75 Å². The molecule has 0 saturated heterocycles. The van der Waals surface area contributed by atoms with Crippen molar-refractivity contribution in [1.82, 2.24) is 20.8 Å². The lowest BCUT2D eigenvalue weighted by atomic mass is 10.3. The molecule has 3 amide bonds. The van der Waals surface area contributed by atoms with Crippen molar-refractivity contribution in [2.45, 2.75) is 17.7 Å². The summed E-state index contributed by atoms with van der Waals surface area (Å²) in [6.07, 6.45) is 0.809. The number of carbonyl (C=O) groups excluding carboxylic acids is 2. The fourth-order valence-electron chi connectivity index (χ4n) is 1.75. The molecule has 10 heteroatoms. The van der Waals surface area contributed by atoms with Crippen LogP contribution in [0.4, 0.5) is 15.6 Å². The molecule has 1 heterocycles. The zero-order chi connectivity index (χ0) is 18.1. The van der Waals surface area contributed by atoms with Gasteiger partial charge in [-0.05, 0) is 18.6 Å². The van der Waals surface area contributed by atoms with E-state index in [1.165, 1.54) is 23.1 Å². The van der Waals surface area contributed by atoms with Crippen molar-refractivity contribution in [1.29, 1.82) is 0 Å². The van der Waals surface area contributed by atoms with Gasteiger partial charge in [0.2, 0.25) is 11.0 Å². The molecule has 1 aromatic heterocycles. The Hall–Kier alpha value is -2.33. The Morgan fingerprint density at radius 1 is 1.28 bits per heavy atom. The molecular weight excluding hydrogens is 362 g/mol. The molecule has 2 rings (SSSR count). The maximum Gasteiger partial charge on any atom is 0.321 e. The topological polar surface area (TPSA) is 105 Å². The first-order valence-electron chi connectivity index (χ1n) is 7.56. The van der Waals surface area contributed by atoms with Crippen LogP contribution >= 0.6 is 23.1 Å². The molecule has 0 atom stereocenters. The lowest BCUT2D eigenvalue weighted by molar-refractivity contribution is -0.117. The molecule has 0 aliphatic heterocycles. The number of hydrogen-bond acceptors (Lipinski definition) is 8. The van der Waals surface area contributed by atoms with Crippen LogP contribution in [0.3, 0.4) is 0 Å². The van der Waals surface area contributed by atoms with Crippen LogP contribution < -0.4 is 20.7 Å². The first-order valence-corrected chi connectivity index (χ1v) is 9.36. The molecule has 0 spiro atoms. The average molecular weight is 381 g/mol. The number of nitrogens with one attached hydrogen (secondary N) is 3. The van der Waals surface area contributed by atoms with Gasteiger partial charge < -0.3 is 15.4 Å². The lowest BCUT2D eigenvalue weighted by Gasteiger charge is -2.07. The smallest absolute Gasteiger partial charge is 0.321 e. The van der Waals surface area contributed by atoms with E-state index in [0.29, 0.717) is 21.8 Å². The van der Waals surface area contributed by atoms with Gasteiger partial charge >= 0.3 is 6.03 Å². The third-order valence-electron chi connectivity index (χ3n) is 2.87. The van der Waals surface area contributed by atoms with Crippen LogP contribution in [0.2, 0.25) is 0 Å². The highest BCUT2D eigenvalue weighted by atomic mass is 32.2. The summed E-state index contributed by atoms with van der Waals surface area (Å²) in [4.78, 5) is 23.1. The number of carbonyl (C=O) groups is 2. The zero-order valence-corrected chi connectivity index (χ0v) is 15.5. The highest BCUT2D eigenvalue weighted by Crippen LogP contribution is 2.31. The number of rotatable bonds is 8. The Morgan fingerprint density at radius 3 is 2.84 bits per heavy atom. The SMILES string of the molecule is CCCNC(=O)NC(=O)CSc1nnc(Nc2ccccc2OC)s1. The van der Waals surface area contributed by atoms with Gasteiger partial charge in [0.1, 0.15) is 5.75 Å². The van der Waals surface area contributed by atoms with E-state index in [0.717, 1.165) is 12.1 Å². The summed E-state index contributed by atoms with van der Waals surface area (Å²) in [5.41, 5.74) is 0.781. The summed E-state index contributed by atoms with van der Waals surface area (Å²) in [5.74, 6) is 0.403. The molecule has 1 aromatic carbocycles. The van der Waals surface area contributed by atoms with E-state index < -0.39 is 6.03 Å². The van der Waals surface area contributed by atoms with Crippen LogP contribution in [0.15, 0.2) is 28.6 Å². The zero-order valence-electron chi connectivity index (χ0n) is 13.9. The molecule has 25 heavy (non-hydrogen) atoms. The monoisotopic (exact) mass is 381 g/mol. The second-order valence-corrected chi connectivity index (χ2v) is 6.99. The van der Waals surface area contributed by atoms with E-state index in [4.69, 9.17) is 4.74 Å². The third kappa shape index (κ3) is 6.24. The Kier molecular flexibility index (Phi) is 7.48. The van der Waals surface area contributed by atoms with Crippen molar-refractivity contribution >= 4 is 45.9 Å². The summed E-state index contributed by atoms with van der Waals surface area (Å²) in [5, 5.41) is 16.6. The number of thioether (sulfide) groups is 1. The fourth-order valence-corrected chi connectivity index (χ4v) is 3.32. The van der Waals surface area contributed by atoms with E-state index in [1.807, 2.05) is 31.2 Å². The molecule has 0 aliphatic rings. The van der Waals surface area contributed by atoms with Crippen molar-refractivity contribution < 1.29 is 14.3 Å². The lowest BCUT2D eigenvalue weighted by Crippen LogP contribution is -2.40. The number of aromatic nitrogens is 2. The van der Waals surface area contributed by atoms with E-state index in [1.54, 1.807) is 7.11 Å². The van der Waals surface area contributed by atoms with E-state index in [2.05, 4.69) is 26.1 Å². The van der Waals surface area contributed by atoms with E-state index in [-0.39, 0.29) is 11.7 Å². The highest BCUT2D eigenvalue weighted by molar-refractivity contribution is 8.01. The minimum Gasteiger partial charge on any atom is -0.495 e. The van der Waals surface area contributed by atoms with Gasteiger partial charge in [0.25, 0.3) is 0 Å². The fraction of sp³-hybridized carbons (Fsp3) is 0.333. The van der Waals surface area contributed by atoms with E-state index >= 15 is 0 Å². The summed E-state index contributed by atoms with van der Waals surface area (Å²) in [7, 11) is 1.59. The number of hydrogen-bond donors (Lipinski definition) is 3. The highest BCUT2D eigenvalue weighted by Gasteiger charge is 2.11. The van der Waals surface area contributed by atoms with Crippen LogP contribution in [0.1, 0.15) is 13.3 Å². The van der Waals surface area contributed by atoms with Crippen molar-refractivity contribution in [2.75, 3.05) is 24.7 Å². The number of para-hydroxylation sites is 2. The molecular formula is C15H19N5O3S2. The van der Waals surface area contributed by atoms with Crippen LogP contribution in [0.25, 0.3) is 0 Å². The summed E-state index contributed by atoms with van der Waals surface area (Å²) < 4.78 is 5.89. The van der Waals surface area contributed by atoms with Gasteiger partial charge in [0, 0.05) is 6.54 Å². The number of anilines is 2. The molecule has 8 nitrogen and oxygen atoms in total. The summed E-state index contributed by atoms with van der Waals surface area (Å²) in [6, 6.07) is 6.99. The molecule has 0 saturated carbocycles. The van der Waals surface area contributed by atoms with Gasteiger partial charge in [-0.2, -0.15) is 0 Å². The number of benzene rings is 1. The molecule has 0 bridgehead atoms. The minimum atomic E-state index is -0.483. The predicted octanol–water partition coefficient (Wildman–Crippen LogP) is 2.62. The number of urea groups is 1. The maximum atomic E-state index is 11.7. The quantitative estimate of drug-likeness (QED) is 0.604. The first kappa shape index (κ1) is 19.0. The minimum absolute atomic E-state index is 0.0861. The molecule has 0 aliphatic carbocycles. The first-order chi connectivity index (χ1) is 12.1. The van der Waals surface area contributed by atoms with Crippen LogP contribution in [0, 0.1) is 0 Å². The molecule has 3 N–H and O–H groups in total. The van der Waals surface area contributed by atoms with Gasteiger partial charge in [-0.15, -0.1) is 10.2 Å². The number of methoxy groups -OCH3 is 1. The summed E-state index contributed by atoms with van der Waals surface area (Å²) >= 11 is 2.53. The number of amides is 3. The second-order valence-electron chi connectivity index (χ2n) is 4.79. The second kappa shape index (κ2) is 9.84. The van der Waals surface area contributed by atoms with Gasteiger partial charge in [0.15, 0.2) is 4.34 Å². The maximum absolute atomic E-state index is 11.7. The van der Waals surface area contributed by atoms with Gasteiger partial charge in [-0.1, -0.05) is 42.2 Å². The number of imide groups is 1. The molecule has 0 radical (unpaired) electrons. The normalized spacial score (nSPS) is 10.2. The van der Waals surface area contributed by atoms with Crippen molar-refractivity contribution in [3.63, 3.8) is 0 Å². The Morgan fingerprint density at radius 2 is 2.08 bits per heavy atom. The number of nitrogens with zero attached hydrogens (tertiary/aromatic N) is 2. The molecule has 2 aromatic rings. The van der Waals surface area contributed by atoms with Crippen LogP contribution in [-0.4, -0.2) is 41.5 Å². The van der Waals surface area contributed by atoms with E-state index in [9.17, 15) is 9.59 Å². The molecule has 0 unspecified atom stereocenters. The molecule has 0 fully saturated rings. The predicted molar refractivity (Wildman–Crippen MR) is 98.7 cm³/mol. The van der Waals surface area contributed by atoms with Crippen molar-refractivity contribution in [3.8, 4) is 5.75 Å². The van der Waals surface area contributed by atoms with Gasteiger partial charge in [0.05, 0.1) is 18.6 Å². The van der Waals surface area contributed by atoms with Gasteiger partial charge in [-0.25, -0.2) is 4.79 Å². The Bertz CT molecular complexity index is 723. The standard InChI is InChI=1S/C15H19N5O3S2/c1-3-8-16-13(22)18-12(21)9-24-15-20-19-14(25-15)17-10-6-4-5-7-11(10)23-2/h4-7H,3,8-9H2,1-2H3,(H,17,19)(H2,16,18,21,22). The van der Waals surface area contributed by atoms with Crippen LogP contribution in [-0.2, 0) is 4.79 Å². The largest absolute Gasteiger partial charge is 0.495 e. The number of ether oxygens (including phenoxy) is 1. The Balaban J connectivity index is 1.83. The van der Waals surface area contributed by atoms with Crippen molar-refractivity contribution in [3.05, 3.63) is 24.3 Å².